The first-order valence-corrected chi connectivity index (χ1v) is 12.7. The maximum atomic E-state index is 13.0. The van der Waals surface area contributed by atoms with Gasteiger partial charge >= 0.3 is 5.97 Å². The predicted octanol–water partition coefficient (Wildman–Crippen LogP) is 3.29. The lowest BCUT2D eigenvalue weighted by atomic mass is 9.98. The van der Waals surface area contributed by atoms with E-state index < -0.39 is 12.0 Å². The van der Waals surface area contributed by atoms with E-state index in [0.29, 0.717) is 35.4 Å². The van der Waals surface area contributed by atoms with Crippen LogP contribution in [0.3, 0.4) is 0 Å². The van der Waals surface area contributed by atoms with Gasteiger partial charge in [-0.1, -0.05) is 30.3 Å². The Labute approximate surface area is 199 Å². The molecule has 2 aromatic rings. The third kappa shape index (κ3) is 6.92. The first kappa shape index (κ1) is 24.5. The lowest BCUT2D eigenvalue weighted by Gasteiger charge is -2.19. The van der Waals surface area contributed by atoms with Gasteiger partial charge in [-0.15, -0.1) is 0 Å². The van der Waals surface area contributed by atoms with Gasteiger partial charge in [0, 0.05) is 29.1 Å². The monoisotopic (exact) mass is 473 g/mol. The average molecular weight is 474 g/mol. The van der Waals surface area contributed by atoms with Gasteiger partial charge in [0.25, 0.3) is 5.91 Å². The van der Waals surface area contributed by atoms with Crippen LogP contribution in [0.25, 0.3) is 0 Å². The molecule has 1 saturated heterocycles. The van der Waals surface area contributed by atoms with Crippen molar-refractivity contribution < 1.29 is 14.7 Å². The number of aliphatic carboxylic acids is 1. The fraction of sp³-hybridized carbons (Fsp3) is 0.417. The quantitative estimate of drug-likeness (QED) is 0.322. The van der Waals surface area contributed by atoms with E-state index in [-0.39, 0.29) is 5.91 Å². The van der Waals surface area contributed by atoms with Gasteiger partial charge in [0.1, 0.15) is 6.04 Å². The van der Waals surface area contributed by atoms with E-state index in [1.807, 2.05) is 48.7 Å². The number of thioether (sulfide) groups is 1. The van der Waals surface area contributed by atoms with Crippen molar-refractivity contribution in [2.24, 2.45) is 0 Å². The molecule has 3 unspecified atom stereocenters. The summed E-state index contributed by atoms with van der Waals surface area (Å²) in [4.78, 5) is 24.6. The van der Waals surface area contributed by atoms with Crippen molar-refractivity contribution in [3.8, 4) is 0 Å². The van der Waals surface area contributed by atoms with Gasteiger partial charge in [-0.2, -0.15) is 24.4 Å². The Balaban J connectivity index is 1.79. The van der Waals surface area contributed by atoms with Crippen LogP contribution in [0.15, 0.2) is 48.5 Å². The number of benzene rings is 2. The van der Waals surface area contributed by atoms with Crippen molar-refractivity contribution >= 4 is 42.0 Å². The average Bonchev–Trinajstić information content (AvgIpc) is 3.20. The number of hydrogen-bond acceptors (Lipinski definition) is 6. The third-order valence-electron chi connectivity index (χ3n) is 5.64. The molecule has 4 N–H and O–H groups in total. The van der Waals surface area contributed by atoms with Crippen LogP contribution in [-0.2, 0) is 11.2 Å². The highest BCUT2D eigenvalue weighted by Gasteiger charge is 2.24. The smallest absolute Gasteiger partial charge is 0.326 e. The highest BCUT2D eigenvalue weighted by Crippen LogP contribution is 2.21. The van der Waals surface area contributed by atoms with Gasteiger partial charge in [-0.25, -0.2) is 4.79 Å². The molecule has 0 saturated carbocycles. The first-order chi connectivity index (χ1) is 15.5. The summed E-state index contributed by atoms with van der Waals surface area (Å²) in [6.45, 7) is 1.72. The zero-order chi connectivity index (χ0) is 22.9. The molecule has 0 spiro atoms. The number of carboxylic acids is 1. The van der Waals surface area contributed by atoms with Crippen molar-refractivity contribution in [2.45, 2.75) is 36.6 Å². The number of thiol groups is 1. The molecule has 3 atom stereocenters. The van der Waals surface area contributed by atoms with Gasteiger partial charge in [0.2, 0.25) is 0 Å². The van der Waals surface area contributed by atoms with E-state index in [2.05, 4.69) is 28.6 Å². The fourth-order valence-corrected chi connectivity index (χ4v) is 4.62. The molecule has 2 aromatic carbocycles. The Morgan fingerprint density at radius 3 is 2.69 bits per heavy atom. The molecule has 1 aliphatic rings. The van der Waals surface area contributed by atoms with Crippen LogP contribution in [0, 0.1) is 0 Å². The molecule has 0 bridgehead atoms. The largest absolute Gasteiger partial charge is 0.480 e. The van der Waals surface area contributed by atoms with E-state index >= 15 is 0 Å². The van der Waals surface area contributed by atoms with Gasteiger partial charge in [0.15, 0.2) is 0 Å². The third-order valence-corrected chi connectivity index (χ3v) is 6.90. The molecule has 1 amide bonds. The molecule has 8 heteroatoms. The minimum absolute atomic E-state index is 0.298. The number of hydrogen-bond donors (Lipinski definition) is 5. The Bertz CT molecular complexity index is 911. The summed E-state index contributed by atoms with van der Waals surface area (Å²) in [5.41, 5.74) is 3.37. The van der Waals surface area contributed by atoms with Crippen LogP contribution in [-0.4, -0.2) is 59.4 Å². The van der Waals surface area contributed by atoms with Crippen LogP contribution in [0.2, 0.25) is 0 Å². The molecule has 0 aliphatic carbocycles. The van der Waals surface area contributed by atoms with E-state index in [1.165, 1.54) is 0 Å². The number of amides is 1. The van der Waals surface area contributed by atoms with Crippen LogP contribution in [0.1, 0.15) is 34.3 Å². The van der Waals surface area contributed by atoms with Gasteiger partial charge in [-0.05, 0) is 67.1 Å². The lowest BCUT2D eigenvalue weighted by molar-refractivity contribution is -0.139. The molecular formula is C24H31N3O3S2. The molecule has 1 fully saturated rings. The summed E-state index contributed by atoms with van der Waals surface area (Å²) in [6, 6.07) is 15.0. The zero-order valence-corrected chi connectivity index (χ0v) is 19.9. The van der Waals surface area contributed by atoms with Crippen molar-refractivity contribution in [2.75, 3.05) is 30.4 Å². The standard InChI is InChI=1S/C24H31N3O3S2/c1-32-12-10-20(24(29)30)27-23(28)19-8-7-18(26-15-21-22(31)9-11-25-21)14-17(19)13-16-5-3-2-4-6-16/h2-8,14,20-22,25-26,31H,9-13,15H2,1H3,(H,27,28)(H,29,30). The van der Waals surface area contributed by atoms with Crippen molar-refractivity contribution in [1.29, 1.82) is 0 Å². The van der Waals surface area contributed by atoms with Gasteiger partial charge in [0.05, 0.1) is 0 Å². The predicted molar refractivity (Wildman–Crippen MR) is 135 cm³/mol. The maximum absolute atomic E-state index is 13.0. The first-order valence-electron chi connectivity index (χ1n) is 10.8. The summed E-state index contributed by atoms with van der Waals surface area (Å²) < 4.78 is 0. The van der Waals surface area contributed by atoms with Crippen molar-refractivity contribution in [1.82, 2.24) is 10.6 Å². The van der Waals surface area contributed by atoms with Gasteiger partial charge in [-0.3, -0.25) is 4.79 Å². The van der Waals surface area contributed by atoms with Crippen LogP contribution < -0.4 is 16.0 Å². The highest BCUT2D eigenvalue weighted by molar-refractivity contribution is 7.98. The van der Waals surface area contributed by atoms with Crippen molar-refractivity contribution in [3.05, 3.63) is 65.2 Å². The summed E-state index contributed by atoms with van der Waals surface area (Å²) in [6.07, 6.45) is 3.93. The van der Waals surface area contributed by atoms with E-state index in [9.17, 15) is 14.7 Å². The summed E-state index contributed by atoms with van der Waals surface area (Å²) >= 11 is 6.19. The Morgan fingerprint density at radius 1 is 1.25 bits per heavy atom. The minimum Gasteiger partial charge on any atom is -0.480 e. The maximum Gasteiger partial charge on any atom is 0.326 e. The number of anilines is 1. The van der Waals surface area contributed by atoms with Crippen LogP contribution in [0.5, 0.6) is 0 Å². The van der Waals surface area contributed by atoms with E-state index in [0.717, 1.165) is 36.3 Å². The second-order valence-corrected chi connectivity index (χ2v) is 9.63. The molecule has 0 aromatic heterocycles. The Morgan fingerprint density at radius 2 is 2.03 bits per heavy atom. The second-order valence-electron chi connectivity index (χ2n) is 7.98. The zero-order valence-electron chi connectivity index (χ0n) is 18.2. The topological polar surface area (TPSA) is 90.5 Å². The van der Waals surface area contributed by atoms with Crippen LogP contribution in [0.4, 0.5) is 5.69 Å². The second kappa shape index (κ2) is 12.2. The summed E-state index contributed by atoms with van der Waals surface area (Å²) in [5.74, 6) is -0.706. The molecule has 6 nitrogen and oxygen atoms in total. The van der Waals surface area contributed by atoms with E-state index in [1.54, 1.807) is 17.8 Å². The normalized spacial score (nSPS) is 18.8. The highest BCUT2D eigenvalue weighted by atomic mass is 32.2. The molecule has 3 rings (SSSR count). The number of carboxylic acid groups (broad SMARTS) is 1. The lowest BCUT2D eigenvalue weighted by Crippen LogP contribution is -2.41. The fourth-order valence-electron chi connectivity index (χ4n) is 3.81. The number of carbonyl (C=O) groups excluding carboxylic acids is 1. The minimum atomic E-state index is -1.01. The molecule has 1 aliphatic heterocycles. The SMILES string of the molecule is CSCCC(NC(=O)c1ccc(NCC2NCCC2S)cc1Cc1ccccc1)C(=O)O. The Hall–Kier alpha value is -2.16. The van der Waals surface area contributed by atoms with E-state index in [4.69, 9.17) is 0 Å². The molecule has 1 heterocycles. The summed E-state index contributed by atoms with van der Waals surface area (Å²) in [7, 11) is 0. The molecule has 172 valence electrons. The number of rotatable bonds is 11. The van der Waals surface area contributed by atoms with Crippen molar-refractivity contribution in [3.63, 3.8) is 0 Å². The summed E-state index contributed by atoms with van der Waals surface area (Å²) in [5, 5.41) is 19.4. The van der Waals surface area contributed by atoms with Gasteiger partial charge < -0.3 is 21.1 Å². The molecular weight excluding hydrogens is 442 g/mol. The molecule has 32 heavy (non-hydrogen) atoms. The Kier molecular flexibility index (Phi) is 9.32. The number of nitrogens with one attached hydrogen (secondary N) is 3. The number of carbonyl (C=O) groups is 2. The molecule has 0 radical (unpaired) electrons. The van der Waals surface area contributed by atoms with Crippen LogP contribution >= 0.6 is 24.4 Å².